The van der Waals surface area contributed by atoms with E-state index in [0.29, 0.717) is 5.75 Å². The van der Waals surface area contributed by atoms with Crippen LogP contribution in [0.5, 0.6) is 5.75 Å². The predicted molar refractivity (Wildman–Crippen MR) is 68.3 cm³/mol. The lowest BCUT2D eigenvalue weighted by Gasteiger charge is -2.11. The maximum absolute atomic E-state index is 11.3. The molecule has 6 heteroatoms. The number of nitrogens with one attached hydrogen (secondary N) is 2. The van der Waals surface area contributed by atoms with Gasteiger partial charge in [-0.15, -0.1) is 5.10 Å². The molecule has 6 nitrogen and oxygen atoms in total. The zero-order valence-corrected chi connectivity index (χ0v) is 10.4. The van der Waals surface area contributed by atoms with Crippen LogP contribution in [0.25, 0.3) is 0 Å². The molecule has 1 unspecified atom stereocenters. The van der Waals surface area contributed by atoms with Gasteiger partial charge < -0.3 is 9.47 Å². The van der Waals surface area contributed by atoms with E-state index in [2.05, 4.69) is 15.8 Å². The van der Waals surface area contributed by atoms with Crippen molar-refractivity contribution in [2.75, 3.05) is 7.05 Å². The minimum atomic E-state index is -0.668. The molecule has 1 atom stereocenters. The van der Waals surface area contributed by atoms with Gasteiger partial charge in [0.25, 0.3) is 0 Å². The summed E-state index contributed by atoms with van der Waals surface area (Å²) in [5, 5.41) is 6.51. The quantitative estimate of drug-likeness (QED) is 0.349. The molecule has 0 radical (unpaired) electrons. The largest absolute Gasteiger partial charge is 0.463 e. The van der Waals surface area contributed by atoms with Crippen LogP contribution in [0.4, 0.5) is 4.79 Å². The molecule has 1 aromatic carbocycles. The Bertz CT molecular complexity index is 377. The highest BCUT2D eigenvalue weighted by molar-refractivity contribution is 5.70. The zero-order valence-electron chi connectivity index (χ0n) is 10.4. The van der Waals surface area contributed by atoms with Crippen LogP contribution in [0.3, 0.4) is 0 Å². The molecule has 18 heavy (non-hydrogen) atoms. The number of amides is 1. The van der Waals surface area contributed by atoms with E-state index < -0.39 is 6.09 Å². The lowest BCUT2D eigenvalue weighted by Crippen LogP contribution is -2.28. The lowest BCUT2D eigenvalue weighted by molar-refractivity contribution is 0.164. The third-order valence-electron chi connectivity index (χ3n) is 2.08. The van der Waals surface area contributed by atoms with E-state index in [1.54, 1.807) is 31.3 Å². The van der Waals surface area contributed by atoms with Crippen LogP contribution in [-0.4, -0.2) is 25.8 Å². The summed E-state index contributed by atoms with van der Waals surface area (Å²) >= 11 is 0. The summed E-state index contributed by atoms with van der Waals surface area (Å²) < 4.78 is 10.1. The van der Waals surface area contributed by atoms with Crippen molar-refractivity contribution in [3.05, 3.63) is 30.3 Å². The Morgan fingerprint density at radius 3 is 2.78 bits per heavy atom. The summed E-state index contributed by atoms with van der Waals surface area (Å²) in [6, 6.07) is 8.72. The molecule has 0 aliphatic carbocycles. The van der Waals surface area contributed by atoms with Crippen molar-refractivity contribution >= 4 is 12.5 Å². The number of rotatable bonds is 6. The lowest BCUT2D eigenvalue weighted by atomic mass is 10.3. The van der Waals surface area contributed by atoms with E-state index in [0.717, 1.165) is 12.8 Å². The molecule has 1 amide bonds. The highest BCUT2D eigenvalue weighted by atomic mass is 16.6. The molecule has 0 aliphatic heterocycles. The number of ether oxygens (including phenoxy) is 2. The highest BCUT2D eigenvalue weighted by Gasteiger charge is 2.02. The average Bonchev–Trinajstić information content (AvgIpc) is 2.40. The van der Waals surface area contributed by atoms with Gasteiger partial charge in [0, 0.05) is 0 Å². The van der Waals surface area contributed by atoms with Crippen LogP contribution in [0.2, 0.25) is 0 Å². The number of hydrogen-bond acceptors (Lipinski definition) is 5. The predicted octanol–water partition coefficient (Wildman–Crippen LogP) is 1.69. The second-order valence-corrected chi connectivity index (χ2v) is 3.37. The summed E-state index contributed by atoms with van der Waals surface area (Å²) in [5.74, 6) is 0.452. The average molecular weight is 251 g/mol. The number of hydrogen-bond donors (Lipinski definition) is 2. The third-order valence-corrected chi connectivity index (χ3v) is 2.08. The van der Waals surface area contributed by atoms with Crippen LogP contribution in [0.1, 0.15) is 13.3 Å². The van der Waals surface area contributed by atoms with E-state index >= 15 is 0 Å². The van der Waals surface area contributed by atoms with Crippen LogP contribution in [-0.2, 0) is 4.74 Å². The molecule has 98 valence electrons. The standard InChI is InChI=1S/C12H17N3O3/c1-3-11(13-2)17-9-14-15-12(16)18-10-7-5-4-6-8-10/h4-9,11,13H,3H2,1-2H3,(H,15,16). The number of para-hydroxylation sites is 1. The van der Waals surface area contributed by atoms with Crippen molar-refractivity contribution < 1.29 is 14.3 Å². The minimum Gasteiger partial charge on any atom is -0.463 e. The summed E-state index contributed by atoms with van der Waals surface area (Å²) in [4.78, 5) is 11.3. The van der Waals surface area contributed by atoms with Crippen LogP contribution < -0.4 is 15.5 Å². The van der Waals surface area contributed by atoms with Gasteiger partial charge in [-0.05, 0) is 25.6 Å². The fourth-order valence-electron chi connectivity index (χ4n) is 1.17. The molecular weight excluding hydrogens is 234 g/mol. The molecule has 0 aliphatic rings. The van der Waals surface area contributed by atoms with Gasteiger partial charge in [-0.3, -0.25) is 5.32 Å². The molecular formula is C12H17N3O3. The molecule has 0 aromatic heterocycles. The number of carbonyl (C=O) groups is 1. The van der Waals surface area contributed by atoms with E-state index in [1.165, 1.54) is 0 Å². The first-order valence-electron chi connectivity index (χ1n) is 5.63. The second-order valence-electron chi connectivity index (χ2n) is 3.37. The second kappa shape index (κ2) is 8.08. The van der Waals surface area contributed by atoms with Gasteiger partial charge in [-0.1, -0.05) is 25.1 Å². The smallest absolute Gasteiger partial charge is 0.433 e. The van der Waals surface area contributed by atoms with E-state index in [1.807, 2.05) is 13.0 Å². The topological polar surface area (TPSA) is 72.0 Å². The molecule has 1 aromatic rings. The summed E-state index contributed by atoms with van der Waals surface area (Å²) in [6.45, 7) is 1.96. The first kappa shape index (κ1) is 14.0. The third kappa shape index (κ3) is 5.31. The molecule has 0 fully saturated rings. The van der Waals surface area contributed by atoms with Gasteiger partial charge in [0.1, 0.15) is 5.75 Å². The van der Waals surface area contributed by atoms with Gasteiger partial charge >= 0.3 is 6.09 Å². The summed E-state index contributed by atoms with van der Waals surface area (Å²) in [5.41, 5.74) is 2.19. The van der Waals surface area contributed by atoms with Crippen LogP contribution in [0, 0.1) is 0 Å². The van der Waals surface area contributed by atoms with Gasteiger partial charge in [0.2, 0.25) is 0 Å². The van der Waals surface area contributed by atoms with Crippen molar-refractivity contribution in [2.45, 2.75) is 19.6 Å². The van der Waals surface area contributed by atoms with Gasteiger partial charge in [-0.2, -0.15) is 0 Å². The molecule has 1 rings (SSSR count). The summed E-state index contributed by atoms with van der Waals surface area (Å²) in [6.07, 6.45) is 1.16. The Morgan fingerprint density at radius 2 is 2.17 bits per heavy atom. The van der Waals surface area contributed by atoms with Gasteiger partial charge in [-0.25, -0.2) is 10.2 Å². The fraction of sp³-hybridized carbons (Fsp3) is 0.333. The molecule has 0 bridgehead atoms. The van der Waals surface area contributed by atoms with Crippen molar-refractivity contribution in [1.82, 2.24) is 10.7 Å². The number of nitrogens with zero attached hydrogens (tertiary/aromatic N) is 1. The van der Waals surface area contributed by atoms with Gasteiger partial charge in [0.15, 0.2) is 12.6 Å². The summed E-state index contributed by atoms with van der Waals surface area (Å²) in [7, 11) is 1.78. The van der Waals surface area contributed by atoms with E-state index in [-0.39, 0.29) is 6.23 Å². The first-order chi connectivity index (χ1) is 8.76. The number of carbonyl (C=O) groups excluding carboxylic acids is 1. The first-order valence-corrected chi connectivity index (χ1v) is 5.63. The molecule has 0 saturated heterocycles. The normalized spacial score (nSPS) is 12.1. The molecule has 0 saturated carbocycles. The van der Waals surface area contributed by atoms with Crippen molar-refractivity contribution in [2.24, 2.45) is 5.10 Å². The maximum Gasteiger partial charge on any atom is 0.433 e. The highest BCUT2D eigenvalue weighted by Crippen LogP contribution is 2.07. The Balaban J connectivity index is 2.27. The molecule has 0 spiro atoms. The monoisotopic (exact) mass is 251 g/mol. The minimum absolute atomic E-state index is 0.124. The Morgan fingerprint density at radius 1 is 1.44 bits per heavy atom. The van der Waals surface area contributed by atoms with Crippen molar-refractivity contribution in [3.8, 4) is 5.75 Å². The van der Waals surface area contributed by atoms with Crippen LogP contribution >= 0.6 is 0 Å². The Kier molecular flexibility index (Phi) is 6.27. The SMILES string of the molecule is CCC(NC)OC=NNC(=O)Oc1ccccc1. The fourth-order valence-corrected chi connectivity index (χ4v) is 1.17. The van der Waals surface area contributed by atoms with Crippen LogP contribution in [0.15, 0.2) is 35.4 Å². The van der Waals surface area contributed by atoms with E-state index in [9.17, 15) is 4.79 Å². The van der Waals surface area contributed by atoms with Crippen molar-refractivity contribution in [3.63, 3.8) is 0 Å². The maximum atomic E-state index is 11.3. The zero-order chi connectivity index (χ0) is 13.2. The van der Waals surface area contributed by atoms with Gasteiger partial charge in [0.05, 0.1) is 0 Å². The number of hydrazone groups is 1. The Hall–Kier alpha value is -2.08. The Labute approximate surface area is 106 Å². The molecule has 2 N–H and O–H groups in total. The van der Waals surface area contributed by atoms with E-state index in [4.69, 9.17) is 9.47 Å². The number of benzene rings is 1. The van der Waals surface area contributed by atoms with Crippen molar-refractivity contribution in [1.29, 1.82) is 0 Å². The molecule has 0 heterocycles.